The van der Waals surface area contributed by atoms with Gasteiger partial charge in [-0.3, -0.25) is 0 Å². The summed E-state index contributed by atoms with van der Waals surface area (Å²) in [6.07, 6.45) is 0. The molecule has 0 saturated heterocycles. The lowest BCUT2D eigenvalue weighted by Crippen LogP contribution is -1.94. The molecule has 0 fully saturated rings. The maximum absolute atomic E-state index is 10.3. The summed E-state index contributed by atoms with van der Waals surface area (Å²) in [6, 6.07) is 9.92. The smallest absolute Gasteiger partial charge is 0.126 e. The summed E-state index contributed by atoms with van der Waals surface area (Å²) in [5.41, 5.74) is 4.86. The van der Waals surface area contributed by atoms with Crippen LogP contribution in [-0.4, -0.2) is 12.2 Å². The number of methoxy groups -OCH3 is 1. The number of hydrogen-bond donors (Lipinski definition) is 1. The third-order valence-corrected chi connectivity index (χ3v) is 3.34. The predicted octanol–water partition coefficient (Wildman–Crippen LogP) is 3.99. The summed E-state index contributed by atoms with van der Waals surface area (Å²) in [7, 11) is 1.65. The van der Waals surface area contributed by atoms with Gasteiger partial charge < -0.3 is 9.84 Å². The number of aryl methyl sites for hydroxylation is 2. The van der Waals surface area contributed by atoms with Gasteiger partial charge in [0.05, 0.1) is 7.11 Å². The van der Waals surface area contributed by atoms with Crippen molar-refractivity contribution in [3.8, 4) is 22.6 Å². The van der Waals surface area contributed by atoms with Crippen molar-refractivity contribution >= 4 is 0 Å². The van der Waals surface area contributed by atoms with E-state index in [4.69, 9.17) is 4.74 Å². The Balaban J connectivity index is 2.78. The Morgan fingerprint density at radius 3 is 2.28 bits per heavy atom. The second-order valence-corrected chi connectivity index (χ2v) is 4.56. The van der Waals surface area contributed by atoms with Gasteiger partial charge in [-0.2, -0.15) is 0 Å². The average Bonchev–Trinajstić information content (AvgIpc) is 2.36. The van der Waals surface area contributed by atoms with E-state index in [0.717, 1.165) is 33.6 Å². The van der Waals surface area contributed by atoms with Crippen molar-refractivity contribution in [1.29, 1.82) is 0 Å². The van der Waals surface area contributed by atoms with Crippen LogP contribution in [0.5, 0.6) is 11.5 Å². The van der Waals surface area contributed by atoms with E-state index >= 15 is 0 Å². The molecular weight excluding hydrogens is 224 g/mol. The first-order valence-electron chi connectivity index (χ1n) is 5.99. The van der Waals surface area contributed by atoms with Gasteiger partial charge in [-0.15, -0.1) is 0 Å². The lowest BCUT2D eigenvalue weighted by molar-refractivity contribution is 0.408. The van der Waals surface area contributed by atoms with Crippen LogP contribution in [0.2, 0.25) is 0 Å². The van der Waals surface area contributed by atoms with E-state index in [0.29, 0.717) is 5.75 Å². The zero-order valence-electron chi connectivity index (χ0n) is 11.2. The average molecular weight is 242 g/mol. The zero-order chi connectivity index (χ0) is 13.3. The molecule has 0 aliphatic heterocycles. The van der Waals surface area contributed by atoms with E-state index < -0.39 is 0 Å². The molecule has 0 radical (unpaired) electrons. The molecule has 0 aromatic heterocycles. The number of aromatic hydroxyl groups is 1. The standard InChI is InChI=1S/C16H18O2/c1-10-7-5-6-8-13(10)15-12(3)14(18-4)9-11(2)16(15)17/h5-9,17H,1-4H3. The fraction of sp³-hybridized carbons (Fsp3) is 0.250. The Bertz CT molecular complexity index is 586. The number of rotatable bonds is 2. The third-order valence-electron chi connectivity index (χ3n) is 3.34. The molecule has 1 N–H and O–H groups in total. The van der Waals surface area contributed by atoms with Crippen LogP contribution in [0.3, 0.4) is 0 Å². The van der Waals surface area contributed by atoms with Gasteiger partial charge >= 0.3 is 0 Å². The molecule has 18 heavy (non-hydrogen) atoms. The van der Waals surface area contributed by atoms with Gasteiger partial charge in [-0.25, -0.2) is 0 Å². The SMILES string of the molecule is COc1cc(C)c(O)c(-c2ccccc2C)c1C. The predicted molar refractivity (Wildman–Crippen MR) is 74.3 cm³/mol. The minimum Gasteiger partial charge on any atom is -0.507 e. The Hall–Kier alpha value is -1.96. The highest BCUT2D eigenvalue weighted by Gasteiger charge is 2.16. The van der Waals surface area contributed by atoms with Gasteiger partial charge in [-0.05, 0) is 43.5 Å². The van der Waals surface area contributed by atoms with Gasteiger partial charge in [0.25, 0.3) is 0 Å². The first kappa shape index (κ1) is 12.5. The molecule has 0 saturated carbocycles. The summed E-state index contributed by atoms with van der Waals surface area (Å²) < 4.78 is 5.37. The van der Waals surface area contributed by atoms with E-state index in [-0.39, 0.29) is 0 Å². The first-order valence-corrected chi connectivity index (χ1v) is 5.99. The molecule has 0 amide bonds. The number of hydrogen-bond acceptors (Lipinski definition) is 2. The molecule has 0 spiro atoms. The summed E-state index contributed by atoms with van der Waals surface area (Å²) in [6.45, 7) is 5.90. The topological polar surface area (TPSA) is 29.5 Å². The van der Waals surface area contributed by atoms with Gasteiger partial charge in [-0.1, -0.05) is 24.3 Å². The van der Waals surface area contributed by atoms with Gasteiger partial charge in [0.15, 0.2) is 0 Å². The molecule has 2 aromatic carbocycles. The van der Waals surface area contributed by atoms with Crippen LogP contribution in [0.4, 0.5) is 0 Å². The van der Waals surface area contributed by atoms with Crippen molar-refractivity contribution < 1.29 is 9.84 Å². The third kappa shape index (κ3) is 1.94. The highest BCUT2D eigenvalue weighted by molar-refractivity contribution is 5.79. The van der Waals surface area contributed by atoms with E-state index in [1.807, 2.05) is 51.1 Å². The minimum atomic E-state index is 0.336. The lowest BCUT2D eigenvalue weighted by Gasteiger charge is -2.16. The molecule has 2 aromatic rings. The van der Waals surface area contributed by atoms with Crippen LogP contribution in [0.25, 0.3) is 11.1 Å². The fourth-order valence-electron chi connectivity index (χ4n) is 2.27. The normalized spacial score (nSPS) is 10.4. The van der Waals surface area contributed by atoms with Crippen molar-refractivity contribution in [3.63, 3.8) is 0 Å². The summed E-state index contributed by atoms with van der Waals surface area (Å²) in [4.78, 5) is 0. The van der Waals surface area contributed by atoms with Crippen LogP contribution >= 0.6 is 0 Å². The molecule has 0 heterocycles. The summed E-state index contributed by atoms with van der Waals surface area (Å²) in [5.74, 6) is 1.14. The maximum atomic E-state index is 10.3. The van der Waals surface area contributed by atoms with Crippen molar-refractivity contribution in [2.24, 2.45) is 0 Å². The van der Waals surface area contributed by atoms with E-state index in [1.54, 1.807) is 7.11 Å². The molecule has 2 heteroatoms. The lowest BCUT2D eigenvalue weighted by atomic mass is 9.93. The fourth-order valence-corrected chi connectivity index (χ4v) is 2.27. The Labute approximate surface area is 108 Å². The number of ether oxygens (including phenoxy) is 1. The molecule has 0 aliphatic rings. The molecule has 0 atom stereocenters. The van der Waals surface area contributed by atoms with Crippen molar-refractivity contribution in [2.45, 2.75) is 20.8 Å². The number of benzene rings is 2. The van der Waals surface area contributed by atoms with Gasteiger partial charge in [0.1, 0.15) is 11.5 Å². The monoisotopic (exact) mass is 242 g/mol. The largest absolute Gasteiger partial charge is 0.507 e. The van der Waals surface area contributed by atoms with E-state index in [2.05, 4.69) is 0 Å². The van der Waals surface area contributed by atoms with Gasteiger partial charge in [0.2, 0.25) is 0 Å². The quantitative estimate of drug-likeness (QED) is 0.862. The Morgan fingerprint density at radius 2 is 1.67 bits per heavy atom. The maximum Gasteiger partial charge on any atom is 0.126 e. The molecule has 0 aliphatic carbocycles. The summed E-state index contributed by atoms with van der Waals surface area (Å²) in [5, 5.41) is 10.3. The van der Waals surface area contributed by atoms with Gasteiger partial charge in [0, 0.05) is 11.1 Å². The molecule has 94 valence electrons. The van der Waals surface area contributed by atoms with Crippen LogP contribution < -0.4 is 4.74 Å². The first-order chi connectivity index (χ1) is 8.56. The highest BCUT2D eigenvalue weighted by Crippen LogP contribution is 2.41. The van der Waals surface area contributed by atoms with Crippen molar-refractivity contribution in [1.82, 2.24) is 0 Å². The summed E-state index contributed by atoms with van der Waals surface area (Å²) >= 11 is 0. The zero-order valence-corrected chi connectivity index (χ0v) is 11.2. The Morgan fingerprint density at radius 1 is 1.00 bits per heavy atom. The number of phenolic OH excluding ortho intramolecular Hbond substituents is 1. The van der Waals surface area contributed by atoms with E-state index in [1.165, 1.54) is 0 Å². The van der Waals surface area contributed by atoms with Crippen LogP contribution in [0.15, 0.2) is 30.3 Å². The van der Waals surface area contributed by atoms with E-state index in [9.17, 15) is 5.11 Å². The van der Waals surface area contributed by atoms with Crippen molar-refractivity contribution in [2.75, 3.05) is 7.11 Å². The molecular formula is C16H18O2. The molecule has 2 rings (SSSR count). The van der Waals surface area contributed by atoms with Crippen LogP contribution in [0, 0.1) is 20.8 Å². The van der Waals surface area contributed by atoms with Crippen molar-refractivity contribution in [3.05, 3.63) is 47.0 Å². The number of phenols is 1. The van der Waals surface area contributed by atoms with Crippen LogP contribution in [0.1, 0.15) is 16.7 Å². The highest BCUT2D eigenvalue weighted by atomic mass is 16.5. The molecule has 0 unspecified atom stereocenters. The van der Waals surface area contributed by atoms with Crippen LogP contribution in [-0.2, 0) is 0 Å². The molecule has 0 bridgehead atoms. The second-order valence-electron chi connectivity index (χ2n) is 4.56. The minimum absolute atomic E-state index is 0.336. The second kappa shape index (κ2) is 4.73. The molecule has 2 nitrogen and oxygen atoms in total. The Kier molecular flexibility index (Phi) is 3.28.